The summed E-state index contributed by atoms with van der Waals surface area (Å²) in [7, 11) is 12.1. The van der Waals surface area contributed by atoms with Crippen molar-refractivity contribution < 1.29 is 4.48 Å². The molecule has 0 fully saturated rings. The van der Waals surface area contributed by atoms with Crippen molar-refractivity contribution in [2.45, 2.75) is 0 Å². The van der Waals surface area contributed by atoms with Crippen molar-refractivity contribution in [3.63, 3.8) is 0 Å². The van der Waals surface area contributed by atoms with E-state index in [0.717, 1.165) is 10.4 Å². The molecular weight excluding hydrogens is 152 g/mol. The normalized spacial score (nSPS) is 11.5. The SMILES string of the molecule is CN=C(N(C)C)[N+](C)(C)C.[C-]#N. The number of aliphatic imine (C=N–C) groups is 1. The number of nitrogens with zero attached hydrogens (tertiary/aromatic N) is 4. The predicted octanol–water partition coefficient (Wildman–Crippen LogP) is 0.336. The van der Waals surface area contributed by atoms with E-state index in [4.69, 9.17) is 11.8 Å². The molecule has 0 aromatic carbocycles. The van der Waals surface area contributed by atoms with Crippen molar-refractivity contribution in [2.75, 3.05) is 42.3 Å². The third-order valence-electron chi connectivity index (χ3n) is 1.20. The van der Waals surface area contributed by atoms with Crippen LogP contribution in [0.1, 0.15) is 0 Å². The molecule has 0 unspecified atom stereocenters. The summed E-state index contributed by atoms with van der Waals surface area (Å²) in [5.41, 5.74) is 0. The van der Waals surface area contributed by atoms with Crippen molar-refractivity contribution in [1.82, 2.24) is 4.90 Å². The van der Waals surface area contributed by atoms with Gasteiger partial charge in [0, 0.05) is 21.1 Å². The summed E-state index contributed by atoms with van der Waals surface area (Å²) in [4.78, 5) is 6.20. The number of guanidine groups is 1. The monoisotopic (exact) mass is 170 g/mol. The molecule has 0 bridgehead atoms. The molecule has 12 heavy (non-hydrogen) atoms. The molecule has 0 N–H and O–H groups in total. The molecule has 0 aliphatic rings. The Morgan fingerprint density at radius 1 is 1.25 bits per heavy atom. The van der Waals surface area contributed by atoms with Gasteiger partial charge in [-0.15, -0.1) is 0 Å². The fraction of sp³-hybridized carbons (Fsp3) is 0.750. The molecule has 0 saturated carbocycles. The van der Waals surface area contributed by atoms with Crippen molar-refractivity contribution in [3.05, 3.63) is 6.57 Å². The average Bonchev–Trinajstić information content (AvgIpc) is 1.89. The van der Waals surface area contributed by atoms with E-state index in [1.54, 1.807) is 0 Å². The van der Waals surface area contributed by atoms with E-state index in [1.165, 1.54) is 0 Å². The van der Waals surface area contributed by atoms with Gasteiger partial charge in [0.25, 0.3) is 5.96 Å². The van der Waals surface area contributed by atoms with Gasteiger partial charge in [-0.1, -0.05) is 0 Å². The molecule has 0 amide bonds. The summed E-state index contributed by atoms with van der Waals surface area (Å²) in [6, 6.07) is 0. The highest BCUT2D eigenvalue weighted by Gasteiger charge is 2.18. The second-order valence-electron chi connectivity index (χ2n) is 3.43. The Kier molecular flexibility index (Phi) is 6.25. The Morgan fingerprint density at radius 3 is 1.58 bits per heavy atom. The zero-order valence-electron chi connectivity index (χ0n) is 8.79. The molecule has 70 valence electrons. The van der Waals surface area contributed by atoms with Crippen molar-refractivity contribution in [2.24, 2.45) is 4.99 Å². The lowest BCUT2D eigenvalue weighted by Gasteiger charge is -2.28. The van der Waals surface area contributed by atoms with E-state index >= 15 is 0 Å². The molecule has 0 radical (unpaired) electrons. The zero-order chi connectivity index (χ0) is 10.4. The lowest BCUT2D eigenvalue weighted by atomic mass is 10.6. The molecule has 0 aliphatic heterocycles. The van der Waals surface area contributed by atoms with Crippen LogP contribution in [0, 0.1) is 11.8 Å². The van der Waals surface area contributed by atoms with Gasteiger partial charge in [0.2, 0.25) is 0 Å². The smallest absolute Gasteiger partial charge is 0.298 e. The fourth-order valence-corrected chi connectivity index (χ4v) is 1.10. The Hall–Kier alpha value is -1.08. The summed E-state index contributed by atoms with van der Waals surface area (Å²) in [5.74, 6) is 1.07. The molecule has 0 spiro atoms. The van der Waals surface area contributed by atoms with Crippen molar-refractivity contribution >= 4 is 5.96 Å². The second-order valence-corrected chi connectivity index (χ2v) is 3.43. The first-order valence-electron chi connectivity index (χ1n) is 3.58. The molecule has 4 heteroatoms. The van der Waals surface area contributed by atoms with Crippen LogP contribution in [-0.2, 0) is 0 Å². The van der Waals surface area contributed by atoms with Crippen LogP contribution < -0.4 is 0 Å². The zero-order valence-corrected chi connectivity index (χ0v) is 8.79. The second kappa shape index (κ2) is 5.56. The van der Waals surface area contributed by atoms with Crippen LogP contribution in [-0.4, -0.2) is 57.6 Å². The van der Waals surface area contributed by atoms with E-state index in [1.807, 2.05) is 26.0 Å². The van der Waals surface area contributed by atoms with E-state index in [-0.39, 0.29) is 0 Å². The topological polar surface area (TPSA) is 39.4 Å². The number of hydrogen-bond acceptors (Lipinski definition) is 2. The van der Waals surface area contributed by atoms with Gasteiger partial charge in [-0.05, 0) is 0 Å². The molecular formula is C8H18N4. The van der Waals surface area contributed by atoms with Gasteiger partial charge in [0.05, 0.1) is 21.1 Å². The van der Waals surface area contributed by atoms with E-state index in [0.29, 0.717) is 0 Å². The first kappa shape index (κ1) is 13.5. The Balaban J connectivity index is 0. The quantitative estimate of drug-likeness (QED) is 0.227. The first-order valence-corrected chi connectivity index (χ1v) is 3.58. The molecule has 0 rings (SSSR count). The minimum atomic E-state index is 0.767. The Labute approximate surface area is 75.3 Å². The first-order chi connectivity index (χ1) is 5.39. The van der Waals surface area contributed by atoms with Gasteiger partial charge in [-0.25, -0.2) is 4.99 Å². The average molecular weight is 170 g/mol. The number of quaternary nitrogens is 1. The van der Waals surface area contributed by atoms with Gasteiger partial charge in [-0.2, -0.15) is 0 Å². The fourth-order valence-electron chi connectivity index (χ4n) is 1.10. The molecule has 0 atom stereocenters. The van der Waals surface area contributed by atoms with Crippen molar-refractivity contribution in [3.8, 4) is 0 Å². The summed E-state index contributed by atoms with van der Waals surface area (Å²) >= 11 is 0. The minimum Gasteiger partial charge on any atom is -0.512 e. The largest absolute Gasteiger partial charge is 0.512 e. The lowest BCUT2D eigenvalue weighted by molar-refractivity contribution is -0.782. The molecule has 0 heterocycles. The summed E-state index contributed by atoms with van der Waals surface area (Å²) in [5, 5.41) is 6.25. The van der Waals surface area contributed by atoms with Gasteiger partial charge < -0.3 is 16.7 Å². The van der Waals surface area contributed by atoms with Gasteiger partial charge in [-0.3, -0.25) is 4.48 Å². The summed E-state index contributed by atoms with van der Waals surface area (Å²) < 4.78 is 0.767. The third kappa shape index (κ3) is 4.69. The van der Waals surface area contributed by atoms with E-state index in [2.05, 4.69) is 26.1 Å². The van der Waals surface area contributed by atoms with Crippen LogP contribution in [0.4, 0.5) is 0 Å². The van der Waals surface area contributed by atoms with Crippen LogP contribution in [0.25, 0.3) is 0 Å². The Bertz CT molecular complexity index is 162. The molecule has 0 aromatic rings. The highest BCUT2D eigenvalue weighted by molar-refractivity contribution is 5.72. The van der Waals surface area contributed by atoms with Gasteiger partial charge in [0.15, 0.2) is 0 Å². The predicted molar refractivity (Wildman–Crippen MR) is 50.0 cm³/mol. The van der Waals surface area contributed by atoms with Gasteiger partial charge in [0.1, 0.15) is 0 Å². The summed E-state index contributed by atoms with van der Waals surface area (Å²) in [6.07, 6.45) is 0. The minimum absolute atomic E-state index is 0.767. The highest BCUT2D eigenvalue weighted by Crippen LogP contribution is 1.96. The maximum Gasteiger partial charge on any atom is 0.298 e. The molecule has 4 nitrogen and oxygen atoms in total. The number of hydrogen-bond donors (Lipinski definition) is 0. The van der Waals surface area contributed by atoms with Crippen LogP contribution in [0.3, 0.4) is 0 Å². The molecule has 0 aliphatic carbocycles. The van der Waals surface area contributed by atoms with E-state index < -0.39 is 0 Å². The highest BCUT2D eigenvalue weighted by atomic mass is 15.4. The van der Waals surface area contributed by atoms with Crippen LogP contribution >= 0.6 is 0 Å². The summed E-state index contributed by atoms with van der Waals surface area (Å²) in [6.45, 7) is 4.75. The standard InChI is InChI=1S/C7H18N3.CN/c1-8-7(9(2)3)10(4,5)6;1-2/h1-6H3;/q+1;-1. The molecule has 0 saturated heterocycles. The maximum atomic E-state index is 6.25. The maximum absolute atomic E-state index is 6.25. The van der Waals surface area contributed by atoms with Crippen LogP contribution in [0.5, 0.6) is 0 Å². The Morgan fingerprint density at radius 2 is 1.58 bits per heavy atom. The lowest BCUT2D eigenvalue weighted by Crippen LogP contribution is -2.48. The van der Waals surface area contributed by atoms with E-state index in [9.17, 15) is 0 Å². The molecule has 0 aromatic heterocycles. The van der Waals surface area contributed by atoms with Crippen molar-refractivity contribution in [1.29, 1.82) is 5.26 Å². The third-order valence-corrected chi connectivity index (χ3v) is 1.20. The van der Waals surface area contributed by atoms with Crippen LogP contribution in [0.2, 0.25) is 0 Å². The van der Waals surface area contributed by atoms with Gasteiger partial charge >= 0.3 is 0 Å². The number of rotatable bonds is 0. The van der Waals surface area contributed by atoms with Crippen LogP contribution in [0.15, 0.2) is 4.99 Å².